The molecule has 4 amide bonds. The Labute approximate surface area is 386 Å². The van der Waals surface area contributed by atoms with Crippen LogP contribution in [0.1, 0.15) is 63.9 Å². The normalized spacial score (nSPS) is 14.2. The second kappa shape index (κ2) is 18.6. The van der Waals surface area contributed by atoms with E-state index in [0.717, 1.165) is 23.4 Å². The maximum atomic E-state index is 13.8. The molecule has 9 rings (SSSR count). The Hall–Kier alpha value is -8.21. The summed E-state index contributed by atoms with van der Waals surface area (Å²) >= 11 is 0. The highest BCUT2D eigenvalue weighted by atomic mass is 19.4. The number of anilines is 3. The van der Waals surface area contributed by atoms with E-state index in [0.29, 0.717) is 84.6 Å². The van der Waals surface area contributed by atoms with Gasteiger partial charge in [-0.3, -0.25) is 19.3 Å². The van der Waals surface area contributed by atoms with Crippen LogP contribution in [0.4, 0.5) is 35.2 Å². The number of pyridine rings is 1. The highest BCUT2D eigenvalue weighted by Gasteiger charge is 2.40. The molecule has 3 aliphatic heterocycles. The number of carbonyl (C=O) groups is 4. The van der Waals surface area contributed by atoms with Gasteiger partial charge in [0.2, 0.25) is 5.91 Å². The molecule has 14 nitrogen and oxygen atoms in total. The number of hydrogen-bond acceptors (Lipinski definition) is 9. The molecule has 0 unspecified atom stereocenters. The molecule has 68 heavy (non-hydrogen) atoms. The molecule has 0 spiro atoms. The van der Waals surface area contributed by atoms with Crippen molar-refractivity contribution in [3.63, 3.8) is 0 Å². The number of aromatic hydroxyl groups is 1. The Bertz CT molecular complexity index is 3140. The van der Waals surface area contributed by atoms with Crippen molar-refractivity contribution in [3.8, 4) is 39.5 Å². The summed E-state index contributed by atoms with van der Waals surface area (Å²) in [5, 5.41) is 29.5. The van der Waals surface area contributed by atoms with Crippen molar-refractivity contribution in [2.24, 2.45) is 0 Å². The van der Waals surface area contributed by atoms with Crippen LogP contribution in [0.25, 0.3) is 44.7 Å². The zero-order valence-corrected chi connectivity index (χ0v) is 36.2. The van der Waals surface area contributed by atoms with Gasteiger partial charge in [0.1, 0.15) is 17.1 Å². The molecule has 4 aromatic carbocycles. The number of alkyl halides is 3. The largest absolute Gasteiger partial charge is 0.508 e. The molecule has 1 fully saturated rings. The molecule has 1 atom stereocenters. The number of carboxylic acid groups (broad SMARTS) is 1. The summed E-state index contributed by atoms with van der Waals surface area (Å²) in [5.41, 5.74) is 3.07. The number of halogens is 3. The molecule has 0 saturated carbocycles. The first-order valence-corrected chi connectivity index (χ1v) is 21.9. The highest BCUT2D eigenvalue weighted by molar-refractivity contribution is 6.09. The number of fused-ring (bicyclic) bond motifs is 6. The smallest absolute Gasteiger partial charge is 0.416 e. The lowest BCUT2D eigenvalue weighted by molar-refractivity contribution is -0.137. The van der Waals surface area contributed by atoms with E-state index in [9.17, 15) is 47.4 Å². The molecule has 5 aromatic rings. The van der Waals surface area contributed by atoms with Crippen LogP contribution < -0.4 is 31.2 Å². The Morgan fingerprint density at radius 2 is 1.65 bits per heavy atom. The highest BCUT2D eigenvalue weighted by Crippen LogP contribution is 2.43. The summed E-state index contributed by atoms with van der Waals surface area (Å²) in [6.45, 7) is 1.88. The topological polar surface area (TPSA) is 194 Å². The van der Waals surface area contributed by atoms with Crippen molar-refractivity contribution in [1.82, 2.24) is 15.6 Å². The lowest BCUT2D eigenvalue weighted by Gasteiger charge is -2.36. The number of phenolic OH excluding ortho intramolecular Hbond substituents is 1. The second-order valence-corrected chi connectivity index (χ2v) is 16.7. The maximum absolute atomic E-state index is 13.8. The van der Waals surface area contributed by atoms with Crippen LogP contribution in [0.15, 0.2) is 124 Å². The van der Waals surface area contributed by atoms with Gasteiger partial charge in [-0.2, -0.15) is 13.2 Å². The van der Waals surface area contributed by atoms with Gasteiger partial charge in [0, 0.05) is 78.1 Å². The molecule has 0 radical (unpaired) electrons. The van der Waals surface area contributed by atoms with E-state index in [2.05, 4.69) is 20.9 Å². The minimum absolute atomic E-state index is 0.0731. The van der Waals surface area contributed by atoms with E-state index >= 15 is 0 Å². The van der Waals surface area contributed by atoms with Crippen LogP contribution in [0.2, 0.25) is 0 Å². The van der Waals surface area contributed by atoms with Gasteiger partial charge >= 0.3 is 18.2 Å². The lowest BCUT2D eigenvalue weighted by Crippen LogP contribution is -2.48. The van der Waals surface area contributed by atoms with Crippen LogP contribution in [-0.2, 0) is 17.5 Å². The molecule has 2 bridgehead atoms. The van der Waals surface area contributed by atoms with E-state index in [1.54, 1.807) is 59.5 Å². The number of nitrogens with zero attached hydrogens (tertiary/aromatic N) is 3. The average Bonchev–Trinajstić information content (AvgIpc) is 3.74. The van der Waals surface area contributed by atoms with Crippen molar-refractivity contribution < 1.29 is 47.0 Å². The van der Waals surface area contributed by atoms with Gasteiger partial charge in [-0.05, 0) is 103 Å². The number of carboxylic acids is 1. The first-order chi connectivity index (χ1) is 32.7. The van der Waals surface area contributed by atoms with Crippen molar-refractivity contribution in [1.29, 1.82) is 0 Å². The molecule has 4 heterocycles. The number of benzene rings is 5. The van der Waals surface area contributed by atoms with Crippen molar-refractivity contribution in [2.75, 3.05) is 34.8 Å². The molecule has 1 aliphatic carbocycles. The van der Waals surface area contributed by atoms with Crippen molar-refractivity contribution in [2.45, 2.75) is 50.9 Å². The van der Waals surface area contributed by atoms with Crippen LogP contribution >= 0.6 is 0 Å². The fraction of sp³-hybridized carbons (Fsp3) is 0.216. The van der Waals surface area contributed by atoms with Gasteiger partial charge in [0.25, 0.3) is 5.91 Å². The SMILES string of the molecule is O=C(CCCCCNC(=O)c1ccc(-c2c3ccc(=O)cc-3oc3cc(O)ccc23)c(C(=O)O)c1)NCc1ccc(NC(=O)N2c3nc(-c4cccc(C(F)(F)F)c4)ccc3N3CC[C@H]2C3)cc1. The lowest BCUT2D eigenvalue weighted by atomic mass is 9.90. The molecule has 4 aliphatic rings. The van der Waals surface area contributed by atoms with Crippen molar-refractivity contribution in [3.05, 3.63) is 148 Å². The molecule has 17 heteroatoms. The number of nitrogens with one attached hydrogen (secondary N) is 3. The molecule has 1 saturated heterocycles. The van der Waals surface area contributed by atoms with Crippen LogP contribution in [0, 0.1) is 0 Å². The Kier molecular flexibility index (Phi) is 12.3. The second-order valence-electron chi connectivity index (χ2n) is 16.7. The summed E-state index contributed by atoms with van der Waals surface area (Å²) in [5.74, 6) is -1.37. The van der Waals surface area contributed by atoms with Gasteiger partial charge in [-0.1, -0.05) is 36.8 Å². The van der Waals surface area contributed by atoms with Gasteiger partial charge < -0.3 is 35.5 Å². The number of carbonyl (C=O) groups excluding carboxylic acids is 3. The Morgan fingerprint density at radius 1 is 0.838 bits per heavy atom. The number of phenols is 1. The predicted octanol–water partition coefficient (Wildman–Crippen LogP) is 9.29. The molecule has 346 valence electrons. The molecular weight excluding hydrogens is 882 g/mol. The fourth-order valence-corrected chi connectivity index (χ4v) is 8.79. The summed E-state index contributed by atoms with van der Waals surface area (Å²) < 4.78 is 46.3. The van der Waals surface area contributed by atoms with Crippen LogP contribution in [0.3, 0.4) is 0 Å². The van der Waals surface area contributed by atoms with Crippen LogP contribution in [-0.4, -0.2) is 64.7 Å². The van der Waals surface area contributed by atoms with Crippen LogP contribution in [0.5, 0.6) is 5.75 Å². The van der Waals surface area contributed by atoms with Crippen molar-refractivity contribution >= 4 is 52.0 Å². The molecule has 1 aromatic heterocycles. The van der Waals surface area contributed by atoms with Gasteiger partial charge in [-0.15, -0.1) is 0 Å². The molecule has 5 N–H and O–H groups in total. The minimum Gasteiger partial charge on any atom is -0.508 e. The fourth-order valence-electron chi connectivity index (χ4n) is 8.79. The standard InChI is InChI=1S/C51H43F3N6O8/c52-51(53,54)32-6-4-5-30(23-32)41-18-19-42-47(58-41)60(34-20-22-59(42)28-34)50(67)57-33-11-8-29(9-12-33)27-56-45(63)7-2-1-3-21-55-48(64)31-10-15-37(40(24-31)49(65)66)46-38-16-13-35(61)25-43(38)68-44-26-36(62)14-17-39(44)46/h4-6,8-19,23-26,34,61H,1-3,7,20-22,27-28H2,(H,55,64)(H,56,63)(H,57,67)(H,65,66)/t34-/m0/s1. The summed E-state index contributed by atoms with van der Waals surface area (Å²) in [6.07, 6.45) is -1.76. The average molecular weight is 925 g/mol. The number of rotatable bonds is 13. The number of urea groups is 1. The maximum Gasteiger partial charge on any atom is 0.416 e. The van der Waals surface area contributed by atoms with Gasteiger partial charge in [0.05, 0.1) is 28.6 Å². The number of aromatic nitrogens is 1. The predicted molar refractivity (Wildman–Crippen MR) is 249 cm³/mol. The van der Waals surface area contributed by atoms with E-state index < -0.39 is 29.6 Å². The number of unbranched alkanes of at least 4 members (excludes halogenated alkanes) is 2. The molecular formula is C51H43F3N6O8. The van der Waals surface area contributed by atoms with E-state index in [1.165, 1.54) is 48.5 Å². The van der Waals surface area contributed by atoms with Gasteiger partial charge in [0.15, 0.2) is 11.2 Å². The third kappa shape index (κ3) is 9.40. The first kappa shape index (κ1) is 45.0. The zero-order valence-electron chi connectivity index (χ0n) is 36.2. The Morgan fingerprint density at radius 3 is 2.44 bits per heavy atom. The summed E-state index contributed by atoms with van der Waals surface area (Å²) in [7, 11) is 0. The first-order valence-electron chi connectivity index (χ1n) is 21.9. The Balaban J connectivity index is 0.744. The minimum atomic E-state index is -4.51. The monoisotopic (exact) mass is 924 g/mol. The van der Waals surface area contributed by atoms with E-state index in [4.69, 9.17) is 9.40 Å². The quantitative estimate of drug-likeness (QED) is 0.0550. The number of hydrogen-bond donors (Lipinski definition) is 5. The third-order valence-corrected chi connectivity index (χ3v) is 12.2. The van der Waals surface area contributed by atoms with E-state index in [1.807, 2.05) is 0 Å². The number of amides is 4. The number of aromatic carboxylic acids is 1. The third-order valence-electron chi connectivity index (χ3n) is 12.2. The van der Waals surface area contributed by atoms with Gasteiger partial charge in [-0.25, -0.2) is 14.6 Å². The zero-order chi connectivity index (χ0) is 47.7. The summed E-state index contributed by atoms with van der Waals surface area (Å²) in [6, 6.07) is 27.8. The summed E-state index contributed by atoms with van der Waals surface area (Å²) in [4.78, 5) is 72.7. The van der Waals surface area contributed by atoms with E-state index in [-0.39, 0.29) is 64.1 Å².